The Kier molecular flexibility index (Phi) is 7.15. The van der Waals surface area contributed by atoms with Gasteiger partial charge in [0.05, 0.1) is 7.11 Å². The molecule has 1 aromatic carbocycles. The van der Waals surface area contributed by atoms with E-state index in [1.54, 1.807) is 18.9 Å². The van der Waals surface area contributed by atoms with Crippen molar-refractivity contribution < 1.29 is 14.3 Å². The van der Waals surface area contributed by atoms with Gasteiger partial charge >= 0.3 is 0 Å². The molecule has 1 heterocycles. The predicted octanol–water partition coefficient (Wildman–Crippen LogP) is 4.81. The molecule has 0 aliphatic carbocycles. The zero-order valence-electron chi connectivity index (χ0n) is 13.8. The Morgan fingerprint density at radius 2 is 2.29 bits per heavy atom. The highest BCUT2D eigenvalue weighted by atomic mass is 79.9. The van der Waals surface area contributed by atoms with Crippen LogP contribution in [0.3, 0.4) is 0 Å². The molecule has 6 heteroatoms. The third-order valence-corrected chi connectivity index (χ3v) is 4.68. The minimum Gasteiger partial charge on any atom is -0.496 e. The van der Waals surface area contributed by atoms with Gasteiger partial charge in [-0.1, -0.05) is 28.1 Å². The summed E-state index contributed by atoms with van der Waals surface area (Å²) in [5.41, 5.74) is 1.64. The Morgan fingerprint density at radius 1 is 1.50 bits per heavy atom. The molecule has 24 heavy (non-hydrogen) atoms. The van der Waals surface area contributed by atoms with E-state index in [-0.39, 0.29) is 18.6 Å². The van der Waals surface area contributed by atoms with Crippen molar-refractivity contribution in [3.8, 4) is 0 Å². The Morgan fingerprint density at radius 3 is 2.96 bits per heavy atom. The van der Waals surface area contributed by atoms with E-state index in [2.05, 4.69) is 21.2 Å². The summed E-state index contributed by atoms with van der Waals surface area (Å²) >= 11 is 5.06. The first kappa shape index (κ1) is 18.8. The van der Waals surface area contributed by atoms with Gasteiger partial charge in [-0.25, -0.2) is 0 Å². The van der Waals surface area contributed by atoms with Crippen molar-refractivity contribution in [2.24, 2.45) is 0 Å². The van der Waals surface area contributed by atoms with Crippen molar-refractivity contribution in [2.75, 3.05) is 25.3 Å². The second-order valence-electron chi connectivity index (χ2n) is 5.01. The fourth-order valence-electron chi connectivity index (χ4n) is 2.28. The van der Waals surface area contributed by atoms with E-state index in [1.807, 2.05) is 55.7 Å². The molecule has 0 unspecified atom stereocenters. The van der Waals surface area contributed by atoms with Crippen LogP contribution in [-0.2, 0) is 14.3 Å². The van der Waals surface area contributed by atoms with Crippen LogP contribution in [0.1, 0.15) is 18.6 Å². The summed E-state index contributed by atoms with van der Waals surface area (Å²) in [6.07, 6.45) is 9.42. The number of anilines is 1. The lowest BCUT2D eigenvalue weighted by molar-refractivity contribution is -0.121. The van der Waals surface area contributed by atoms with E-state index < -0.39 is 0 Å². The third-order valence-electron chi connectivity index (χ3n) is 3.41. The SMILES string of the molecule is C\C=C/C=C(SC)\C(=C\[C@H]1OCC(=O)Nc2ccc(Br)cc21)OC. The highest BCUT2D eigenvalue weighted by Gasteiger charge is 2.22. The zero-order chi connectivity index (χ0) is 17.5. The number of allylic oxidation sites excluding steroid dienone is 3. The number of halogens is 1. The van der Waals surface area contributed by atoms with Gasteiger partial charge in [-0.05, 0) is 43.5 Å². The van der Waals surface area contributed by atoms with Gasteiger partial charge in [0.15, 0.2) is 0 Å². The molecule has 1 aliphatic heterocycles. The van der Waals surface area contributed by atoms with Gasteiger partial charge in [0, 0.05) is 20.6 Å². The summed E-state index contributed by atoms with van der Waals surface area (Å²) in [6, 6.07) is 5.70. The van der Waals surface area contributed by atoms with Gasteiger partial charge in [0.1, 0.15) is 18.5 Å². The number of nitrogens with one attached hydrogen (secondary N) is 1. The molecule has 128 valence electrons. The topological polar surface area (TPSA) is 47.6 Å². The number of carbonyl (C=O) groups excluding carboxylic acids is 1. The lowest BCUT2D eigenvalue weighted by Gasteiger charge is -2.16. The quantitative estimate of drug-likeness (QED) is 0.559. The molecule has 1 amide bonds. The molecule has 1 atom stereocenters. The maximum Gasteiger partial charge on any atom is 0.250 e. The zero-order valence-corrected chi connectivity index (χ0v) is 16.2. The third kappa shape index (κ3) is 4.75. The van der Waals surface area contributed by atoms with Crippen LogP contribution in [0, 0.1) is 0 Å². The van der Waals surface area contributed by atoms with Crippen molar-refractivity contribution in [1.29, 1.82) is 0 Å². The minimum atomic E-state index is -0.382. The molecule has 1 N–H and O–H groups in total. The molecule has 4 nitrogen and oxygen atoms in total. The molecule has 0 fully saturated rings. The number of methoxy groups -OCH3 is 1. The molecule has 0 bridgehead atoms. The smallest absolute Gasteiger partial charge is 0.250 e. The second-order valence-corrected chi connectivity index (χ2v) is 6.77. The number of hydrogen-bond acceptors (Lipinski definition) is 4. The number of hydrogen-bond donors (Lipinski definition) is 1. The van der Waals surface area contributed by atoms with Crippen LogP contribution in [0.2, 0.25) is 0 Å². The van der Waals surface area contributed by atoms with Crippen molar-refractivity contribution in [3.63, 3.8) is 0 Å². The van der Waals surface area contributed by atoms with Crippen molar-refractivity contribution >= 4 is 39.3 Å². The number of thioether (sulfide) groups is 1. The van der Waals surface area contributed by atoms with Crippen LogP contribution < -0.4 is 5.32 Å². The first-order chi connectivity index (χ1) is 11.6. The van der Waals surface area contributed by atoms with Gasteiger partial charge in [-0.3, -0.25) is 4.79 Å². The largest absolute Gasteiger partial charge is 0.496 e. The number of benzene rings is 1. The van der Waals surface area contributed by atoms with Crippen molar-refractivity contribution in [2.45, 2.75) is 13.0 Å². The Balaban J connectivity index is 2.46. The van der Waals surface area contributed by atoms with Crippen LogP contribution in [0.25, 0.3) is 0 Å². The number of carbonyl (C=O) groups is 1. The maximum absolute atomic E-state index is 11.8. The van der Waals surface area contributed by atoms with Crippen LogP contribution in [0.5, 0.6) is 0 Å². The maximum atomic E-state index is 11.8. The molecule has 0 spiro atoms. The summed E-state index contributed by atoms with van der Waals surface area (Å²) in [5.74, 6) is 0.550. The van der Waals surface area contributed by atoms with E-state index in [0.717, 1.165) is 20.6 Å². The molecule has 1 aromatic rings. The Hall–Kier alpha value is -1.50. The lowest BCUT2D eigenvalue weighted by Crippen LogP contribution is -2.15. The van der Waals surface area contributed by atoms with Crippen LogP contribution >= 0.6 is 27.7 Å². The number of fused-ring (bicyclic) bond motifs is 1. The number of rotatable bonds is 5. The molecule has 2 rings (SSSR count). The monoisotopic (exact) mass is 409 g/mol. The first-order valence-corrected chi connectivity index (χ1v) is 9.44. The van der Waals surface area contributed by atoms with E-state index in [0.29, 0.717) is 5.76 Å². The van der Waals surface area contributed by atoms with Gasteiger partial charge in [-0.15, -0.1) is 11.8 Å². The summed E-state index contributed by atoms with van der Waals surface area (Å²) in [6.45, 7) is 1.96. The first-order valence-electron chi connectivity index (χ1n) is 7.43. The van der Waals surface area contributed by atoms with Crippen LogP contribution in [0.15, 0.2) is 57.6 Å². The lowest BCUT2D eigenvalue weighted by atomic mass is 10.1. The molecule has 1 aliphatic rings. The molecule has 0 aromatic heterocycles. The van der Waals surface area contributed by atoms with Crippen molar-refractivity contribution in [1.82, 2.24) is 0 Å². The van der Waals surface area contributed by atoms with E-state index in [4.69, 9.17) is 9.47 Å². The van der Waals surface area contributed by atoms with Crippen LogP contribution in [0.4, 0.5) is 5.69 Å². The minimum absolute atomic E-state index is 0.00234. The average Bonchev–Trinajstić information content (AvgIpc) is 2.73. The van der Waals surface area contributed by atoms with E-state index in [1.165, 1.54) is 0 Å². The molecule has 0 radical (unpaired) electrons. The average molecular weight is 410 g/mol. The summed E-state index contributed by atoms with van der Waals surface area (Å²) in [4.78, 5) is 12.8. The predicted molar refractivity (Wildman–Crippen MR) is 103 cm³/mol. The second kappa shape index (κ2) is 9.11. The fourth-order valence-corrected chi connectivity index (χ4v) is 3.23. The summed E-state index contributed by atoms with van der Waals surface area (Å²) < 4.78 is 12.3. The standard InChI is InChI=1S/C18H20BrNO3S/c1-4-5-6-17(24-3)16(22-2)10-15-13-9-12(19)7-8-14(13)20-18(21)11-23-15/h4-10,15H,11H2,1-3H3,(H,20,21)/b5-4-,16-10-,17-6+/t15-/m1/s1. The molecule has 0 saturated heterocycles. The number of amides is 1. The van der Waals surface area contributed by atoms with E-state index >= 15 is 0 Å². The van der Waals surface area contributed by atoms with Gasteiger partial charge < -0.3 is 14.8 Å². The Labute approximate surface area is 155 Å². The fraction of sp³-hybridized carbons (Fsp3) is 0.278. The highest BCUT2D eigenvalue weighted by Crippen LogP contribution is 2.34. The van der Waals surface area contributed by atoms with Gasteiger partial charge in [-0.2, -0.15) is 0 Å². The Bertz CT molecular complexity index is 698. The summed E-state index contributed by atoms with van der Waals surface area (Å²) in [7, 11) is 1.63. The number of ether oxygens (including phenoxy) is 2. The highest BCUT2D eigenvalue weighted by molar-refractivity contribution is 9.10. The van der Waals surface area contributed by atoms with Gasteiger partial charge in [0.25, 0.3) is 0 Å². The molecular formula is C18H20BrNO3S. The normalized spacial score (nSPS) is 19.0. The molecule has 0 saturated carbocycles. The van der Waals surface area contributed by atoms with E-state index in [9.17, 15) is 4.79 Å². The van der Waals surface area contributed by atoms with Crippen molar-refractivity contribution in [3.05, 3.63) is 63.2 Å². The van der Waals surface area contributed by atoms with Gasteiger partial charge in [0.2, 0.25) is 5.91 Å². The molecular weight excluding hydrogens is 390 g/mol. The van der Waals surface area contributed by atoms with Crippen LogP contribution in [-0.4, -0.2) is 25.9 Å². The summed E-state index contributed by atoms with van der Waals surface area (Å²) in [5, 5.41) is 2.86.